The molecule has 2 fully saturated rings. The molecule has 120 valence electrons. The molecule has 2 aliphatic rings. The predicted octanol–water partition coefficient (Wildman–Crippen LogP) is 2.95. The Morgan fingerprint density at radius 3 is 2.73 bits per heavy atom. The molecule has 3 rings (SSSR count). The molecule has 1 aliphatic heterocycles. The number of carbonyl (C=O) groups excluding carboxylic acids is 1. The van der Waals surface area contributed by atoms with Gasteiger partial charge in [0.1, 0.15) is 5.82 Å². The van der Waals surface area contributed by atoms with Gasteiger partial charge in [0.15, 0.2) is 0 Å². The van der Waals surface area contributed by atoms with Crippen molar-refractivity contribution in [2.24, 2.45) is 11.8 Å². The first kappa shape index (κ1) is 15.5. The number of halogens is 1. The lowest BCUT2D eigenvalue weighted by molar-refractivity contribution is -0.128. The zero-order valence-corrected chi connectivity index (χ0v) is 13.2. The van der Waals surface area contributed by atoms with Crippen molar-refractivity contribution in [2.75, 3.05) is 13.1 Å². The molecule has 0 bridgehead atoms. The Morgan fingerprint density at radius 1 is 1.32 bits per heavy atom. The molecular formula is C18H25FN2O. The van der Waals surface area contributed by atoms with Crippen LogP contribution in [0.5, 0.6) is 0 Å². The highest BCUT2D eigenvalue weighted by molar-refractivity contribution is 5.81. The molecule has 3 nitrogen and oxygen atoms in total. The van der Waals surface area contributed by atoms with Gasteiger partial charge in [0, 0.05) is 13.1 Å². The van der Waals surface area contributed by atoms with E-state index in [4.69, 9.17) is 0 Å². The second-order valence-corrected chi connectivity index (χ2v) is 6.83. The summed E-state index contributed by atoms with van der Waals surface area (Å²) in [6.07, 6.45) is 4.40. The van der Waals surface area contributed by atoms with Crippen molar-refractivity contribution in [2.45, 2.75) is 45.2 Å². The summed E-state index contributed by atoms with van der Waals surface area (Å²) in [5, 5.41) is 3.13. The summed E-state index contributed by atoms with van der Waals surface area (Å²) in [4.78, 5) is 14.7. The van der Waals surface area contributed by atoms with Crippen molar-refractivity contribution in [1.29, 1.82) is 0 Å². The number of piperidine rings is 1. The molecule has 22 heavy (non-hydrogen) atoms. The van der Waals surface area contributed by atoms with E-state index < -0.39 is 0 Å². The van der Waals surface area contributed by atoms with Crippen LogP contribution in [0.3, 0.4) is 0 Å². The minimum Gasteiger partial charge on any atom is -0.354 e. The second kappa shape index (κ2) is 6.78. The summed E-state index contributed by atoms with van der Waals surface area (Å²) >= 11 is 0. The molecule has 1 N–H and O–H groups in total. The first-order chi connectivity index (χ1) is 10.6. The van der Waals surface area contributed by atoms with Crippen LogP contribution in [0.2, 0.25) is 0 Å². The lowest BCUT2D eigenvalue weighted by Gasteiger charge is -2.34. The number of carbonyl (C=O) groups is 1. The first-order valence-electron chi connectivity index (χ1n) is 8.39. The van der Waals surface area contributed by atoms with Gasteiger partial charge in [-0.2, -0.15) is 0 Å². The Balaban J connectivity index is 1.57. The molecule has 4 heteroatoms. The standard InChI is InChI=1S/C18H25FN2O/c1-13-10-15(13)11-20-18(22)17-4-2-3-9-21(17)12-14-5-7-16(19)8-6-14/h5-8,13,15,17H,2-4,9-12H2,1H3,(H,20,22)/t13-,15+,17-/m1/s1. The Kier molecular flexibility index (Phi) is 4.77. The van der Waals surface area contributed by atoms with Crippen LogP contribution in [0, 0.1) is 17.7 Å². The van der Waals surface area contributed by atoms with Gasteiger partial charge in [0.2, 0.25) is 5.91 Å². The Bertz CT molecular complexity index is 516. The molecule has 1 heterocycles. The SMILES string of the molecule is C[C@@H]1C[C@H]1CNC(=O)[C@H]1CCCCN1Cc1ccc(F)cc1. The van der Waals surface area contributed by atoms with Crippen LogP contribution in [0.1, 0.15) is 38.2 Å². The number of nitrogens with zero attached hydrogens (tertiary/aromatic N) is 1. The number of nitrogens with one attached hydrogen (secondary N) is 1. The molecule has 0 aromatic heterocycles. The number of likely N-dealkylation sites (tertiary alicyclic amines) is 1. The quantitative estimate of drug-likeness (QED) is 0.907. The maximum Gasteiger partial charge on any atom is 0.237 e. The maximum atomic E-state index is 13.0. The molecular weight excluding hydrogens is 279 g/mol. The maximum absolute atomic E-state index is 13.0. The smallest absolute Gasteiger partial charge is 0.237 e. The van der Waals surface area contributed by atoms with Crippen LogP contribution in [0.15, 0.2) is 24.3 Å². The van der Waals surface area contributed by atoms with Crippen molar-refractivity contribution in [1.82, 2.24) is 10.2 Å². The fourth-order valence-electron chi connectivity index (χ4n) is 3.33. The fraction of sp³-hybridized carbons (Fsp3) is 0.611. The second-order valence-electron chi connectivity index (χ2n) is 6.83. The van der Waals surface area contributed by atoms with E-state index in [0.29, 0.717) is 5.92 Å². The predicted molar refractivity (Wildman–Crippen MR) is 84.7 cm³/mol. The van der Waals surface area contributed by atoms with E-state index in [1.165, 1.54) is 18.6 Å². The van der Waals surface area contributed by atoms with Crippen molar-refractivity contribution in [3.8, 4) is 0 Å². The number of benzene rings is 1. The van der Waals surface area contributed by atoms with Gasteiger partial charge in [0.25, 0.3) is 0 Å². The van der Waals surface area contributed by atoms with E-state index in [0.717, 1.165) is 50.4 Å². The van der Waals surface area contributed by atoms with E-state index in [9.17, 15) is 9.18 Å². The largest absolute Gasteiger partial charge is 0.354 e. The molecule has 1 aliphatic carbocycles. The minimum atomic E-state index is -0.213. The molecule has 3 atom stereocenters. The van der Waals surface area contributed by atoms with Crippen LogP contribution in [0.25, 0.3) is 0 Å². The van der Waals surface area contributed by atoms with E-state index in [2.05, 4.69) is 17.1 Å². The molecule has 0 unspecified atom stereocenters. The zero-order chi connectivity index (χ0) is 15.5. The van der Waals surface area contributed by atoms with Crippen molar-refractivity contribution in [3.05, 3.63) is 35.6 Å². The highest BCUT2D eigenvalue weighted by Gasteiger charge is 2.34. The molecule has 0 spiro atoms. The van der Waals surface area contributed by atoms with Crippen LogP contribution in [-0.2, 0) is 11.3 Å². The highest BCUT2D eigenvalue weighted by Crippen LogP contribution is 2.36. The van der Waals surface area contributed by atoms with Crippen LogP contribution < -0.4 is 5.32 Å². The summed E-state index contributed by atoms with van der Waals surface area (Å²) in [5.74, 6) is 1.40. The zero-order valence-electron chi connectivity index (χ0n) is 13.2. The number of hydrogen-bond acceptors (Lipinski definition) is 2. The van der Waals surface area contributed by atoms with Gasteiger partial charge in [0.05, 0.1) is 6.04 Å². The summed E-state index contributed by atoms with van der Waals surface area (Å²) in [6.45, 7) is 4.71. The summed E-state index contributed by atoms with van der Waals surface area (Å²) in [7, 11) is 0. The average molecular weight is 304 g/mol. The third kappa shape index (κ3) is 3.86. The molecule has 1 amide bonds. The Morgan fingerprint density at radius 2 is 2.05 bits per heavy atom. The van der Waals surface area contributed by atoms with E-state index in [-0.39, 0.29) is 17.8 Å². The van der Waals surface area contributed by atoms with Gasteiger partial charge in [-0.15, -0.1) is 0 Å². The van der Waals surface area contributed by atoms with E-state index in [1.807, 2.05) is 12.1 Å². The van der Waals surface area contributed by atoms with Crippen LogP contribution in [-0.4, -0.2) is 29.9 Å². The van der Waals surface area contributed by atoms with E-state index >= 15 is 0 Å². The first-order valence-corrected chi connectivity index (χ1v) is 8.39. The summed E-state index contributed by atoms with van der Waals surface area (Å²) in [5.41, 5.74) is 1.07. The van der Waals surface area contributed by atoms with Crippen LogP contribution >= 0.6 is 0 Å². The molecule has 0 radical (unpaired) electrons. The third-order valence-corrected chi connectivity index (χ3v) is 5.03. The molecule has 1 saturated heterocycles. The molecule has 1 aromatic rings. The minimum absolute atomic E-state index is 0.0344. The fourth-order valence-corrected chi connectivity index (χ4v) is 3.33. The van der Waals surface area contributed by atoms with Gasteiger partial charge in [-0.1, -0.05) is 25.5 Å². The number of amides is 1. The van der Waals surface area contributed by atoms with Gasteiger partial charge in [-0.05, 0) is 55.3 Å². The van der Waals surface area contributed by atoms with Gasteiger partial charge in [-0.3, -0.25) is 9.69 Å². The summed E-state index contributed by atoms with van der Waals surface area (Å²) < 4.78 is 13.0. The van der Waals surface area contributed by atoms with E-state index in [1.54, 1.807) is 0 Å². The lowest BCUT2D eigenvalue weighted by atomic mass is 10.00. The molecule has 1 aromatic carbocycles. The van der Waals surface area contributed by atoms with Crippen molar-refractivity contribution < 1.29 is 9.18 Å². The van der Waals surface area contributed by atoms with Gasteiger partial charge < -0.3 is 5.32 Å². The Labute approximate surface area is 131 Å². The van der Waals surface area contributed by atoms with Gasteiger partial charge >= 0.3 is 0 Å². The average Bonchev–Trinajstić information content (AvgIpc) is 3.23. The monoisotopic (exact) mass is 304 g/mol. The lowest BCUT2D eigenvalue weighted by Crippen LogP contribution is -2.49. The van der Waals surface area contributed by atoms with Crippen molar-refractivity contribution in [3.63, 3.8) is 0 Å². The highest BCUT2D eigenvalue weighted by atomic mass is 19.1. The Hall–Kier alpha value is -1.42. The number of rotatable bonds is 5. The summed E-state index contributed by atoms with van der Waals surface area (Å²) in [6, 6.07) is 6.56. The van der Waals surface area contributed by atoms with Gasteiger partial charge in [-0.25, -0.2) is 4.39 Å². The topological polar surface area (TPSA) is 32.3 Å². The third-order valence-electron chi connectivity index (χ3n) is 5.03. The molecule has 1 saturated carbocycles. The van der Waals surface area contributed by atoms with Crippen molar-refractivity contribution >= 4 is 5.91 Å². The number of hydrogen-bond donors (Lipinski definition) is 1. The van der Waals surface area contributed by atoms with Crippen LogP contribution in [0.4, 0.5) is 4.39 Å². The normalized spacial score (nSPS) is 28.4.